The zero-order chi connectivity index (χ0) is 13.7. The molecule has 1 aliphatic rings. The van der Waals surface area contributed by atoms with E-state index in [1.807, 2.05) is 24.3 Å². The molecule has 1 aromatic rings. The van der Waals surface area contributed by atoms with E-state index in [4.69, 9.17) is 0 Å². The van der Waals surface area contributed by atoms with E-state index in [-0.39, 0.29) is 6.03 Å². The highest BCUT2D eigenvalue weighted by Gasteiger charge is 2.31. The Hall–Kier alpha value is -0.720. The Balaban J connectivity index is 1.71. The second-order valence-electron chi connectivity index (χ2n) is 4.69. The summed E-state index contributed by atoms with van der Waals surface area (Å²) in [5.74, 6) is 1.65. The van der Waals surface area contributed by atoms with E-state index in [0.29, 0.717) is 18.8 Å². The number of benzene rings is 1. The summed E-state index contributed by atoms with van der Waals surface area (Å²) in [7, 11) is 0. The Morgan fingerprint density at radius 2 is 2.11 bits per heavy atom. The third-order valence-corrected chi connectivity index (χ3v) is 4.79. The molecule has 2 amide bonds. The third-order valence-electron chi connectivity index (χ3n) is 3.03. The molecule has 1 heterocycles. The fraction of sp³-hybridized carbons (Fsp3) is 0.462. The fourth-order valence-corrected chi connectivity index (χ4v) is 3.39. The highest BCUT2D eigenvalue weighted by atomic mass is 79.9. The van der Waals surface area contributed by atoms with E-state index in [1.54, 1.807) is 11.8 Å². The number of hydrogen-bond donors (Lipinski definition) is 3. The molecule has 6 heteroatoms. The predicted molar refractivity (Wildman–Crippen MR) is 81.3 cm³/mol. The van der Waals surface area contributed by atoms with Gasteiger partial charge in [-0.05, 0) is 29.9 Å². The minimum absolute atomic E-state index is 0.242. The van der Waals surface area contributed by atoms with Crippen molar-refractivity contribution in [1.29, 1.82) is 0 Å². The number of carbonyl (C=O) groups excluding carboxylic acids is 1. The molecule has 0 bridgehead atoms. The van der Waals surface area contributed by atoms with Crippen LogP contribution in [0.4, 0.5) is 4.79 Å². The average Bonchev–Trinajstić information content (AvgIpc) is 2.83. The van der Waals surface area contributed by atoms with Crippen LogP contribution in [-0.4, -0.2) is 34.8 Å². The number of rotatable bonds is 4. The number of nitrogens with one attached hydrogen (secondary N) is 2. The molecular formula is C13H17BrN2O2S. The van der Waals surface area contributed by atoms with Crippen molar-refractivity contribution in [2.75, 3.05) is 18.1 Å². The predicted octanol–water partition coefficient (Wildman–Crippen LogP) is 2.12. The lowest BCUT2D eigenvalue weighted by atomic mass is 10.0. The number of thioether (sulfide) groups is 1. The van der Waals surface area contributed by atoms with Crippen LogP contribution in [0.15, 0.2) is 28.7 Å². The molecule has 0 saturated carbocycles. The van der Waals surface area contributed by atoms with Gasteiger partial charge in [-0.2, -0.15) is 11.8 Å². The first-order valence-electron chi connectivity index (χ1n) is 6.14. The zero-order valence-corrected chi connectivity index (χ0v) is 12.9. The van der Waals surface area contributed by atoms with Gasteiger partial charge in [0.25, 0.3) is 0 Å². The fourth-order valence-electron chi connectivity index (χ4n) is 1.83. The lowest BCUT2D eigenvalue weighted by molar-refractivity contribution is 0.0700. The second-order valence-corrected chi connectivity index (χ2v) is 6.71. The molecule has 1 atom stereocenters. The summed E-state index contributed by atoms with van der Waals surface area (Å²) in [6.07, 6.45) is 0.741. The van der Waals surface area contributed by atoms with Crippen molar-refractivity contribution in [1.82, 2.24) is 10.6 Å². The molecule has 104 valence electrons. The molecule has 19 heavy (non-hydrogen) atoms. The zero-order valence-electron chi connectivity index (χ0n) is 10.5. The van der Waals surface area contributed by atoms with Crippen molar-refractivity contribution in [3.8, 4) is 0 Å². The van der Waals surface area contributed by atoms with Gasteiger partial charge >= 0.3 is 6.03 Å². The number of aliphatic hydroxyl groups is 1. The summed E-state index contributed by atoms with van der Waals surface area (Å²) < 4.78 is 1.02. The average molecular weight is 345 g/mol. The molecule has 1 aliphatic heterocycles. The summed E-state index contributed by atoms with van der Waals surface area (Å²) >= 11 is 5.08. The van der Waals surface area contributed by atoms with Crippen LogP contribution < -0.4 is 10.6 Å². The summed E-state index contributed by atoms with van der Waals surface area (Å²) in [6, 6.07) is 7.53. The van der Waals surface area contributed by atoms with E-state index in [1.165, 1.54) is 0 Å². The van der Waals surface area contributed by atoms with Crippen LogP contribution in [0.3, 0.4) is 0 Å². The first kappa shape index (κ1) is 14.7. The Bertz CT molecular complexity index is 433. The Morgan fingerprint density at radius 1 is 1.37 bits per heavy atom. The largest absolute Gasteiger partial charge is 0.387 e. The molecule has 4 nitrogen and oxygen atoms in total. The number of amides is 2. The molecule has 1 saturated heterocycles. The molecule has 0 radical (unpaired) electrons. The standard InChI is InChI=1S/C13H17BrN2O2S/c14-11-3-1-10(2-4-11)7-15-12(17)16-8-13(18)5-6-19-9-13/h1-4,18H,5-9H2,(H2,15,16,17)/t13-/m0/s1. The minimum Gasteiger partial charge on any atom is -0.387 e. The summed E-state index contributed by atoms with van der Waals surface area (Å²) in [5.41, 5.74) is 0.299. The highest BCUT2D eigenvalue weighted by Crippen LogP contribution is 2.26. The van der Waals surface area contributed by atoms with Gasteiger partial charge in [-0.1, -0.05) is 28.1 Å². The van der Waals surface area contributed by atoms with Gasteiger partial charge in [0.1, 0.15) is 0 Å². The van der Waals surface area contributed by atoms with Gasteiger partial charge < -0.3 is 15.7 Å². The first-order valence-corrected chi connectivity index (χ1v) is 8.08. The highest BCUT2D eigenvalue weighted by molar-refractivity contribution is 9.10. The molecule has 3 N–H and O–H groups in total. The lowest BCUT2D eigenvalue weighted by Gasteiger charge is -2.21. The van der Waals surface area contributed by atoms with E-state index >= 15 is 0 Å². The molecule has 0 aliphatic carbocycles. The second kappa shape index (κ2) is 6.63. The van der Waals surface area contributed by atoms with Crippen LogP contribution in [-0.2, 0) is 6.54 Å². The molecule has 0 spiro atoms. The van der Waals surface area contributed by atoms with Crippen molar-refractivity contribution < 1.29 is 9.90 Å². The van der Waals surface area contributed by atoms with E-state index < -0.39 is 5.60 Å². The van der Waals surface area contributed by atoms with E-state index in [0.717, 1.165) is 22.2 Å². The quantitative estimate of drug-likeness (QED) is 0.783. The lowest BCUT2D eigenvalue weighted by Crippen LogP contribution is -2.46. The van der Waals surface area contributed by atoms with Crippen LogP contribution in [0.25, 0.3) is 0 Å². The Morgan fingerprint density at radius 3 is 2.74 bits per heavy atom. The molecular weight excluding hydrogens is 328 g/mol. The van der Waals surface area contributed by atoms with Crippen LogP contribution in [0.2, 0.25) is 0 Å². The van der Waals surface area contributed by atoms with Crippen LogP contribution in [0.5, 0.6) is 0 Å². The van der Waals surface area contributed by atoms with Gasteiger partial charge in [-0.3, -0.25) is 0 Å². The third kappa shape index (κ3) is 4.71. The van der Waals surface area contributed by atoms with Gasteiger partial charge in [0, 0.05) is 23.3 Å². The summed E-state index contributed by atoms with van der Waals surface area (Å²) in [5, 5.41) is 15.6. The van der Waals surface area contributed by atoms with Gasteiger partial charge in [0.2, 0.25) is 0 Å². The Labute approximate surface area is 125 Å². The topological polar surface area (TPSA) is 61.4 Å². The number of urea groups is 1. The van der Waals surface area contributed by atoms with Gasteiger partial charge in [0.05, 0.1) is 5.60 Å². The van der Waals surface area contributed by atoms with E-state index in [9.17, 15) is 9.90 Å². The maximum atomic E-state index is 11.6. The van der Waals surface area contributed by atoms with Gasteiger partial charge in [-0.15, -0.1) is 0 Å². The molecule has 0 aromatic heterocycles. The Kier molecular flexibility index (Phi) is 5.13. The molecule has 0 unspecified atom stereocenters. The first-order chi connectivity index (χ1) is 9.07. The maximum absolute atomic E-state index is 11.6. The van der Waals surface area contributed by atoms with Crippen LogP contribution >= 0.6 is 27.7 Å². The smallest absolute Gasteiger partial charge is 0.315 e. The van der Waals surface area contributed by atoms with Gasteiger partial charge in [0.15, 0.2) is 0 Å². The van der Waals surface area contributed by atoms with Crippen LogP contribution in [0.1, 0.15) is 12.0 Å². The normalized spacial score (nSPS) is 22.2. The number of halogens is 1. The van der Waals surface area contributed by atoms with Crippen LogP contribution in [0, 0.1) is 0 Å². The van der Waals surface area contributed by atoms with Crippen molar-refractivity contribution >= 4 is 33.7 Å². The molecule has 1 fully saturated rings. The SMILES string of the molecule is O=C(NCc1ccc(Br)cc1)NC[C@@]1(O)CCSC1. The number of hydrogen-bond acceptors (Lipinski definition) is 3. The van der Waals surface area contributed by atoms with Crippen molar-refractivity contribution in [3.05, 3.63) is 34.3 Å². The molecule has 2 rings (SSSR count). The number of carbonyl (C=O) groups is 1. The minimum atomic E-state index is -0.736. The van der Waals surface area contributed by atoms with E-state index in [2.05, 4.69) is 26.6 Å². The summed E-state index contributed by atoms with van der Waals surface area (Å²) in [4.78, 5) is 11.6. The maximum Gasteiger partial charge on any atom is 0.315 e. The monoisotopic (exact) mass is 344 g/mol. The van der Waals surface area contributed by atoms with Crippen molar-refractivity contribution in [2.24, 2.45) is 0 Å². The molecule has 1 aromatic carbocycles. The summed E-state index contributed by atoms with van der Waals surface area (Å²) in [6.45, 7) is 0.790. The van der Waals surface area contributed by atoms with Gasteiger partial charge in [-0.25, -0.2) is 4.79 Å². The van der Waals surface area contributed by atoms with Crippen molar-refractivity contribution in [2.45, 2.75) is 18.6 Å². The van der Waals surface area contributed by atoms with Crippen molar-refractivity contribution in [3.63, 3.8) is 0 Å².